The summed E-state index contributed by atoms with van der Waals surface area (Å²) in [5.74, 6) is -3.10. The Morgan fingerprint density at radius 1 is 1.10 bits per heavy atom. The standard InChI is InChI=1S/C18H33NO10S/c1-13(21)19-8-6-10-30(26,27)29-12-17(4,5)18(25,14(22)23)7-9-28-15(24)16(2,3)11-20/h20,25H,6-12H2,1-5H3,(H,19,21)(H,22,23)/t18-/m0/s1. The molecule has 0 fully saturated rings. The molecule has 0 aliphatic heterocycles. The fourth-order valence-electron chi connectivity index (χ4n) is 2.21. The van der Waals surface area contributed by atoms with E-state index in [4.69, 9.17) is 14.0 Å². The van der Waals surface area contributed by atoms with Crippen molar-refractivity contribution in [3.63, 3.8) is 0 Å². The molecule has 1 amide bonds. The van der Waals surface area contributed by atoms with Gasteiger partial charge in [-0.2, -0.15) is 8.42 Å². The van der Waals surface area contributed by atoms with Crippen LogP contribution >= 0.6 is 0 Å². The van der Waals surface area contributed by atoms with Gasteiger partial charge in [0.15, 0.2) is 5.60 Å². The second kappa shape index (κ2) is 11.0. The SMILES string of the molecule is CC(=O)NCCCS(=O)(=O)OCC(C)(C)[C@](O)(CCOC(=O)C(C)(C)CO)C(=O)O. The molecule has 0 unspecified atom stereocenters. The van der Waals surface area contributed by atoms with E-state index in [-0.39, 0.29) is 18.9 Å². The third-order valence-electron chi connectivity index (χ3n) is 4.66. The Morgan fingerprint density at radius 3 is 2.13 bits per heavy atom. The van der Waals surface area contributed by atoms with Crippen molar-refractivity contribution in [2.75, 3.05) is 32.1 Å². The minimum Gasteiger partial charge on any atom is -0.479 e. The lowest BCUT2D eigenvalue weighted by Gasteiger charge is -2.38. The van der Waals surface area contributed by atoms with Crippen LogP contribution in [0.25, 0.3) is 0 Å². The van der Waals surface area contributed by atoms with Crippen LogP contribution in [0.2, 0.25) is 0 Å². The van der Waals surface area contributed by atoms with E-state index in [0.29, 0.717) is 0 Å². The number of amides is 1. The summed E-state index contributed by atoms with van der Waals surface area (Å²) in [7, 11) is -4.02. The van der Waals surface area contributed by atoms with Crippen molar-refractivity contribution >= 4 is 28.0 Å². The van der Waals surface area contributed by atoms with Gasteiger partial charge in [0.05, 0.1) is 31.0 Å². The number of aliphatic hydroxyl groups excluding tert-OH is 1. The summed E-state index contributed by atoms with van der Waals surface area (Å²) in [5, 5.41) is 31.8. The van der Waals surface area contributed by atoms with Gasteiger partial charge in [0.1, 0.15) is 0 Å². The zero-order chi connectivity index (χ0) is 23.8. The Morgan fingerprint density at radius 2 is 1.67 bits per heavy atom. The molecule has 176 valence electrons. The Kier molecular flexibility index (Phi) is 10.4. The van der Waals surface area contributed by atoms with Crippen molar-refractivity contribution in [3.05, 3.63) is 0 Å². The molecule has 0 spiro atoms. The molecule has 4 N–H and O–H groups in total. The van der Waals surface area contributed by atoms with E-state index in [9.17, 15) is 33.0 Å². The Labute approximate surface area is 176 Å². The number of carbonyl (C=O) groups is 3. The van der Waals surface area contributed by atoms with Crippen LogP contribution in [0.5, 0.6) is 0 Å². The van der Waals surface area contributed by atoms with Gasteiger partial charge in [-0.1, -0.05) is 13.8 Å². The Bertz CT molecular complexity index is 716. The second-order valence-corrected chi connectivity index (χ2v) is 10.1. The lowest BCUT2D eigenvalue weighted by molar-refractivity contribution is -0.182. The summed E-state index contributed by atoms with van der Waals surface area (Å²) in [6.45, 7) is 5.36. The van der Waals surface area contributed by atoms with Gasteiger partial charge in [0.25, 0.3) is 10.1 Å². The molecule has 0 aromatic rings. The van der Waals surface area contributed by atoms with Crippen molar-refractivity contribution in [2.24, 2.45) is 10.8 Å². The third kappa shape index (κ3) is 8.54. The summed E-state index contributed by atoms with van der Waals surface area (Å²) < 4.78 is 33.9. The zero-order valence-corrected chi connectivity index (χ0v) is 18.9. The first kappa shape index (κ1) is 28.2. The lowest BCUT2D eigenvalue weighted by atomic mass is 9.73. The molecule has 0 saturated heterocycles. The first-order chi connectivity index (χ1) is 13.5. The van der Waals surface area contributed by atoms with Crippen LogP contribution in [0, 0.1) is 10.8 Å². The monoisotopic (exact) mass is 455 g/mol. The molecule has 0 heterocycles. The molecule has 30 heavy (non-hydrogen) atoms. The van der Waals surface area contributed by atoms with Gasteiger partial charge in [-0.3, -0.25) is 13.8 Å². The highest BCUT2D eigenvalue weighted by Gasteiger charge is 2.51. The van der Waals surface area contributed by atoms with E-state index in [1.165, 1.54) is 34.6 Å². The number of hydrogen-bond acceptors (Lipinski definition) is 9. The highest BCUT2D eigenvalue weighted by atomic mass is 32.2. The van der Waals surface area contributed by atoms with Gasteiger partial charge in [-0.05, 0) is 20.3 Å². The maximum atomic E-state index is 12.0. The molecule has 0 aliphatic carbocycles. The third-order valence-corrected chi connectivity index (χ3v) is 5.93. The van der Waals surface area contributed by atoms with E-state index in [2.05, 4.69) is 5.32 Å². The number of aliphatic carboxylic acids is 1. The smallest absolute Gasteiger partial charge is 0.336 e. The highest BCUT2D eigenvalue weighted by Crippen LogP contribution is 2.35. The molecule has 0 aliphatic rings. The number of ether oxygens (including phenoxy) is 1. The van der Waals surface area contributed by atoms with Crippen molar-refractivity contribution < 1.29 is 47.0 Å². The maximum absolute atomic E-state index is 12.0. The molecule has 0 radical (unpaired) electrons. The fourth-order valence-corrected chi connectivity index (χ4v) is 3.30. The largest absolute Gasteiger partial charge is 0.479 e. The second-order valence-electron chi connectivity index (χ2n) is 8.34. The molecule has 0 aromatic heterocycles. The van der Waals surface area contributed by atoms with E-state index in [1.54, 1.807) is 0 Å². The number of esters is 1. The summed E-state index contributed by atoms with van der Waals surface area (Å²) in [4.78, 5) is 34.4. The van der Waals surface area contributed by atoms with Gasteiger partial charge in [0, 0.05) is 25.3 Å². The number of carboxylic acids is 1. The van der Waals surface area contributed by atoms with Crippen molar-refractivity contribution in [1.82, 2.24) is 5.32 Å². The number of carboxylic acid groups (broad SMARTS) is 1. The van der Waals surface area contributed by atoms with Crippen LogP contribution in [0.4, 0.5) is 0 Å². The zero-order valence-electron chi connectivity index (χ0n) is 18.1. The van der Waals surface area contributed by atoms with Crippen LogP contribution in [-0.2, 0) is 33.4 Å². The fraction of sp³-hybridized carbons (Fsp3) is 0.833. The predicted octanol–water partition coefficient (Wildman–Crippen LogP) is -0.347. The molecule has 0 aromatic carbocycles. The Balaban J connectivity index is 5.00. The number of aliphatic hydroxyl groups is 2. The first-order valence-corrected chi connectivity index (χ1v) is 10.9. The average molecular weight is 456 g/mol. The molecule has 0 rings (SSSR count). The lowest BCUT2D eigenvalue weighted by Crippen LogP contribution is -2.54. The highest BCUT2D eigenvalue weighted by molar-refractivity contribution is 7.86. The minimum atomic E-state index is -4.02. The summed E-state index contributed by atoms with van der Waals surface area (Å²) >= 11 is 0. The van der Waals surface area contributed by atoms with E-state index in [0.717, 1.165) is 0 Å². The topological polar surface area (TPSA) is 177 Å². The molecule has 12 heteroatoms. The molecule has 1 atom stereocenters. The molecule has 0 saturated carbocycles. The average Bonchev–Trinajstić information content (AvgIpc) is 2.63. The maximum Gasteiger partial charge on any atom is 0.336 e. The number of hydrogen-bond donors (Lipinski definition) is 4. The van der Waals surface area contributed by atoms with Crippen molar-refractivity contribution in [2.45, 2.75) is 53.1 Å². The van der Waals surface area contributed by atoms with Crippen LogP contribution in [-0.4, -0.2) is 79.3 Å². The van der Waals surface area contributed by atoms with Crippen LogP contribution < -0.4 is 5.32 Å². The normalized spacial score (nSPS) is 14.6. The first-order valence-electron chi connectivity index (χ1n) is 9.36. The summed E-state index contributed by atoms with van der Waals surface area (Å²) in [6.07, 6.45) is -0.420. The molecular weight excluding hydrogens is 422 g/mol. The van der Waals surface area contributed by atoms with Gasteiger partial charge >= 0.3 is 11.9 Å². The summed E-state index contributed by atoms with van der Waals surface area (Å²) in [5.41, 5.74) is -5.21. The number of nitrogens with one attached hydrogen (secondary N) is 1. The minimum absolute atomic E-state index is 0.0993. The van der Waals surface area contributed by atoms with Crippen LogP contribution in [0.3, 0.4) is 0 Å². The van der Waals surface area contributed by atoms with Crippen molar-refractivity contribution in [1.29, 1.82) is 0 Å². The quantitative estimate of drug-likeness (QED) is 0.154. The Hall–Kier alpha value is -1.76. The van der Waals surface area contributed by atoms with Crippen molar-refractivity contribution in [3.8, 4) is 0 Å². The van der Waals surface area contributed by atoms with E-state index >= 15 is 0 Å². The van der Waals surface area contributed by atoms with Gasteiger partial charge in [-0.25, -0.2) is 4.79 Å². The summed E-state index contributed by atoms with van der Waals surface area (Å²) in [6, 6.07) is 0. The predicted molar refractivity (Wildman–Crippen MR) is 106 cm³/mol. The van der Waals surface area contributed by atoms with E-state index < -0.39 is 70.5 Å². The number of rotatable bonds is 14. The van der Waals surface area contributed by atoms with Crippen LogP contribution in [0.15, 0.2) is 0 Å². The van der Waals surface area contributed by atoms with Crippen LogP contribution in [0.1, 0.15) is 47.5 Å². The molecular formula is C18H33NO10S. The molecule has 0 bridgehead atoms. The van der Waals surface area contributed by atoms with Gasteiger partial charge < -0.3 is 25.4 Å². The van der Waals surface area contributed by atoms with E-state index in [1.807, 2.05) is 0 Å². The molecule has 11 nitrogen and oxygen atoms in total. The number of carbonyl (C=O) groups excluding carboxylic acids is 2. The van der Waals surface area contributed by atoms with Gasteiger partial charge in [-0.15, -0.1) is 0 Å². The van der Waals surface area contributed by atoms with Gasteiger partial charge in [0.2, 0.25) is 5.91 Å².